The first-order valence-electron chi connectivity index (χ1n) is 10.4. The first-order valence-corrected chi connectivity index (χ1v) is 10.4. The Balaban J connectivity index is 1.35. The molecule has 1 aromatic heterocycles. The van der Waals surface area contributed by atoms with Crippen LogP contribution in [-0.2, 0) is 33.8 Å². The Kier molecular flexibility index (Phi) is 6.40. The van der Waals surface area contributed by atoms with Crippen molar-refractivity contribution in [2.75, 3.05) is 39.8 Å². The van der Waals surface area contributed by atoms with Gasteiger partial charge in [0.05, 0.1) is 19.3 Å². The van der Waals surface area contributed by atoms with Gasteiger partial charge in [0, 0.05) is 51.9 Å². The molecule has 7 heteroatoms. The highest BCUT2D eigenvalue weighted by Crippen LogP contribution is 2.24. The quantitative estimate of drug-likeness (QED) is 0.696. The molecule has 1 unspecified atom stereocenters. The lowest BCUT2D eigenvalue weighted by Gasteiger charge is -2.38. The summed E-state index contributed by atoms with van der Waals surface area (Å²) in [6, 6.07) is 13.4. The summed E-state index contributed by atoms with van der Waals surface area (Å²) in [4.78, 5) is 36.1. The van der Waals surface area contributed by atoms with Crippen molar-refractivity contribution in [3.63, 3.8) is 0 Å². The number of nitrogens with zero attached hydrogens (tertiary/aromatic N) is 4. The first kappa shape index (κ1) is 20.5. The Morgan fingerprint density at radius 3 is 2.40 bits per heavy atom. The molecular formula is C23H28N4O3. The van der Waals surface area contributed by atoms with E-state index in [4.69, 9.17) is 4.74 Å². The topological polar surface area (TPSA) is 66.0 Å². The Labute approximate surface area is 177 Å². The number of ether oxygens (including phenoxy) is 1. The van der Waals surface area contributed by atoms with Crippen LogP contribution >= 0.6 is 0 Å². The summed E-state index contributed by atoms with van der Waals surface area (Å²) in [5.74, 6) is -0.365. The number of pyridine rings is 1. The van der Waals surface area contributed by atoms with Gasteiger partial charge in [0.1, 0.15) is 6.04 Å². The number of benzene rings is 1. The number of carbonyl (C=O) groups excluding carboxylic acids is 2. The third-order valence-corrected chi connectivity index (χ3v) is 5.98. The molecule has 30 heavy (non-hydrogen) atoms. The van der Waals surface area contributed by atoms with Crippen molar-refractivity contribution in [2.45, 2.75) is 25.6 Å². The maximum absolute atomic E-state index is 13.1. The molecule has 0 spiro atoms. The van der Waals surface area contributed by atoms with Crippen LogP contribution < -0.4 is 0 Å². The van der Waals surface area contributed by atoms with E-state index < -0.39 is 6.04 Å². The van der Waals surface area contributed by atoms with Crippen molar-refractivity contribution in [1.82, 2.24) is 19.7 Å². The predicted molar refractivity (Wildman–Crippen MR) is 112 cm³/mol. The Morgan fingerprint density at radius 2 is 1.70 bits per heavy atom. The number of rotatable bonds is 5. The second-order valence-corrected chi connectivity index (χ2v) is 7.91. The minimum atomic E-state index is -0.553. The van der Waals surface area contributed by atoms with Crippen LogP contribution in [-0.4, -0.2) is 77.4 Å². The van der Waals surface area contributed by atoms with Crippen LogP contribution in [0.1, 0.15) is 16.8 Å². The lowest BCUT2D eigenvalue weighted by molar-refractivity contribution is -0.154. The van der Waals surface area contributed by atoms with Gasteiger partial charge in [-0.15, -0.1) is 0 Å². The summed E-state index contributed by atoms with van der Waals surface area (Å²) in [5.41, 5.74) is 3.28. The van der Waals surface area contributed by atoms with E-state index in [2.05, 4.69) is 14.8 Å². The van der Waals surface area contributed by atoms with Gasteiger partial charge in [-0.2, -0.15) is 0 Å². The second-order valence-electron chi connectivity index (χ2n) is 7.91. The van der Waals surface area contributed by atoms with Crippen LogP contribution in [0.3, 0.4) is 0 Å². The van der Waals surface area contributed by atoms with Crippen LogP contribution in [0.2, 0.25) is 0 Å². The molecule has 1 saturated heterocycles. The molecule has 0 N–H and O–H groups in total. The normalized spacial score (nSPS) is 19.9. The summed E-state index contributed by atoms with van der Waals surface area (Å²) < 4.78 is 4.99. The summed E-state index contributed by atoms with van der Waals surface area (Å²) >= 11 is 0. The fourth-order valence-electron chi connectivity index (χ4n) is 4.24. The zero-order chi connectivity index (χ0) is 20.9. The van der Waals surface area contributed by atoms with Crippen LogP contribution in [0.15, 0.2) is 48.7 Å². The summed E-state index contributed by atoms with van der Waals surface area (Å²) in [7, 11) is 1.38. The average molecular weight is 409 g/mol. The summed E-state index contributed by atoms with van der Waals surface area (Å²) in [6.45, 7) is 5.05. The maximum Gasteiger partial charge on any atom is 0.328 e. The van der Waals surface area contributed by atoms with Gasteiger partial charge in [-0.25, -0.2) is 4.79 Å². The number of amides is 1. The van der Waals surface area contributed by atoms with Gasteiger partial charge in [0.25, 0.3) is 0 Å². The molecule has 0 saturated carbocycles. The number of hydrogen-bond donors (Lipinski definition) is 0. The molecule has 4 rings (SSSR count). The molecule has 3 heterocycles. The first-order chi connectivity index (χ1) is 14.6. The largest absolute Gasteiger partial charge is 0.467 e. The zero-order valence-corrected chi connectivity index (χ0v) is 17.4. The molecule has 0 bridgehead atoms. The van der Waals surface area contributed by atoms with E-state index in [1.807, 2.05) is 48.7 Å². The number of piperazine rings is 1. The lowest BCUT2D eigenvalue weighted by atomic mass is 9.94. The average Bonchev–Trinajstić information content (AvgIpc) is 2.79. The maximum atomic E-state index is 13.1. The highest BCUT2D eigenvalue weighted by Gasteiger charge is 2.36. The van der Waals surface area contributed by atoms with E-state index in [1.54, 1.807) is 4.90 Å². The van der Waals surface area contributed by atoms with Gasteiger partial charge in [0.2, 0.25) is 5.91 Å². The SMILES string of the molecule is COC(=O)C1Cc2ccccc2CN1C(=O)CN1CCN(Cc2ccccn2)CC1. The number of carbonyl (C=O) groups is 2. The van der Waals surface area contributed by atoms with E-state index >= 15 is 0 Å². The monoisotopic (exact) mass is 408 g/mol. The standard InChI is InChI=1S/C23H28N4O3/c1-30-23(29)21-14-18-6-2-3-7-19(18)15-27(21)22(28)17-26-12-10-25(11-13-26)16-20-8-4-5-9-24-20/h2-9,21H,10-17H2,1H3. The molecule has 1 aromatic carbocycles. The third-order valence-electron chi connectivity index (χ3n) is 5.98. The molecule has 0 aliphatic carbocycles. The highest BCUT2D eigenvalue weighted by molar-refractivity contribution is 5.86. The second kappa shape index (κ2) is 9.36. The smallest absolute Gasteiger partial charge is 0.328 e. The Hall–Kier alpha value is -2.77. The van der Waals surface area contributed by atoms with Crippen LogP contribution in [0.4, 0.5) is 0 Å². The van der Waals surface area contributed by atoms with Crippen LogP contribution in [0.5, 0.6) is 0 Å². The Bertz CT molecular complexity index is 881. The van der Waals surface area contributed by atoms with Crippen molar-refractivity contribution in [1.29, 1.82) is 0 Å². The highest BCUT2D eigenvalue weighted by atomic mass is 16.5. The van der Waals surface area contributed by atoms with E-state index in [-0.39, 0.29) is 11.9 Å². The molecule has 2 aliphatic rings. The van der Waals surface area contributed by atoms with Gasteiger partial charge >= 0.3 is 5.97 Å². The molecule has 2 aliphatic heterocycles. The molecule has 0 radical (unpaired) electrons. The van der Waals surface area contributed by atoms with Crippen molar-refractivity contribution < 1.29 is 14.3 Å². The van der Waals surface area contributed by atoms with E-state index in [0.717, 1.165) is 49.5 Å². The van der Waals surface area contributed by atoms with Gasteiger partial charge in [-0.1, -0.05) is 30.3 Å². The molecule has 1 amide bonds. The van der Waals surface area contributed by atoms with Crippen LogP contribution in [0.25, 0.3) is 0 Å². The number of aromatic nitrogens is 1. The fraction of sp³-hybridized carbons (Fsp3) is 0.435. The molecule has 7 nitrogen and oxygen atoms in total. The molecule has 1 atom stereocenters. The van der Waals surface area contributed by atoms with Crippen LogP contribution in [0, 0.1) is 0 Å². The number of methoxy groups -OCH3 is 1. The van der Waals surface area contributed by atoms with Crippen molar-refractivity contribution in [2.24, 2.45) is 0 Å². The molecule has 158 valence electrons. The van der Waals surface area contributed by atoms with E-state index in [9.17, 15) is 9.59 Å². The Morgan fingerprint density at radius 1 is 1.00 bits per heavy atom. The van der Waals surface area contributed by atoms with Gasteiger partial charge < -0.3 is 9.64 Å². The van der Waals surface area contributed by atoms with E-state index in [0.29, 0.717) is 19.5 Å². The fourth-order valence-corrected chi connectivity index (χ4v) is 4.24. The van der Waals surface area contributed by atoms with Gasteiger partial charge in [-0.3, -0.25) is 19.6 Å². The molecule has 1 fully saturated rings. The number of fused-ring (bicyclic) bond motifs is 1. The number of esters is 1. The third kappa shape index (κ3) is 4.68. The minimum absolute atomic E-state index is 0.0157. The zero-order valence-electron chi connectivity index (χ0n) is 17.4. The van der Waals surface area contributed by atoms with Crippen molar-refractivity contribution >= 4 is 11.9 Å². The predicted octanol–water partition coefficient (Wildman–Crippen LogP) is 1.33. The summed E-state index contributed by atoms with van der Waals surface area (Å²) in [5, 5.41) is 0. The van der Waals surface area contributed by atoms with Gasteiger partial charge in [-0.05, 0) is 23.3 Å². The van der Waals surface area contributed by atoms with Crippen molar-refractivity contribution in [3.05, 3.63) is 65.5 Å². The number of hydrogen-bond acceptors (Lipinski definition) is 6. The molecular weight excluding hydrogens is 380 g/mol. The minimum Gasteiger partial charge on any atom is -0.467 e. The molecule has 2 aromatic rings. The summed E-state index contributed by atoms with van der Waals surface area (Å²) in [6.07, 6.45) is 2.32. The van der Waals surface area contributed by atoms with E-state index in [1.165, 1.54) is 7.11 Å². The lowest BCUT2D eigenvalue weighted by Crippen LogP contribution is -2.54. The van der Waals surface area contributed by atoms with Crippen molar-refractivity contribution in [3.8, 4) is 0 Å². The van der Waals surface area contributed by atoms with Gasteiger partial charge in [0.15, 0.2) is 0 Å².